The summed E-state index contributed by atoms with van der Waals surface area (Å²) in [6, 6.07) is 9.79. The van der Waals surface area contributed by atoms with E-state index < -0.39 is 5.54 Å². The first-order chi connectivity index (χ1) is 14.5. The molecule has 0 radical (unpaired) electrons. The van der Waals surface area contributed by atoms with E-state index in [2.05, 4.69) is 22.5 Å². The van der Waals surface area contributed by atoms with Crippen molar-refractivity contribution in [3.8, 4) is 0 Å². The van der Waals surface area contributed by atoms with Crippen LogP contribution >= 0.6 is 0 Å². The summed E-state index contributed by atoms with van der Waals surface area (Å²) < 4.78 is 0. The van der Waals surface area contributed by atoms with E-state index in [0.717, 1.165) is 18.5 Å². The number of benzene rings is 1. The van der Waals surface area contributed by atoms with Gasteiger partial charge in [-0.1, -0.05) is 31.5 Å². The van der Waals surface area contributed by atoms with Crippen LogP contribution in [0.5, 0.6) is 0 Å². The number of hydrogen-bond acceptors (Lipinski definition) is 4. The molecule has 30 heavy (non-hydrogen) atoms. The standard InChI is InChI=1S/C22H33N5O3/c1-3-5-13-24-21(30)25-14-11-22(12-15-25)20(29)26(16-19(28)23-4-2)17-27(22)18-9-7-6-8-10-18/h6-10H,3-5,11-17H2,1-2H3,(H,23,28)(H,24,30). The molecular formula is C22H33N5O3. The first kappa shape index (κ1) is 21.9. The van der Waals surface area contributed by atoms with Gasteiger partial charge in [-0.25, -0.2) is 4.79 Å². The van der Waals surface area contributed by atoms with Crippen molar-refractivity contribution >= 4 is 23.5 Å². The number of carbonyl (C=O) groups excluding carboxylic acids is 3. The third-order valence-corrected chi connectivity index (χ3v) is 5.97. The van der Waals surface area contributed by atoms with Crippen molar-refractivity contribution in [1.29, 1.82) is 0 Å². The number of nitrogens with one attached hydrogen (secondary N) is 2. The second kappa shape index (κ2) is 9.82. The average molecular weight is 416 g/mol. The summed E-state index contributed by atoms with van der Waals surface area (Å²) in [5, 5.41) is 5.73. The van der Waals surface area contributed by atoms with Crippen LogP contribution in [-0.4, -0.2) is 72.6 Å². The van der Waals surface area contributed by atoms with E-state index in [1.54, 1.807) is 9.80 Å². The summed E-state index contributed by atoms with van der Waals surface area (Å²) in [5.74, 6) is -0.174. The van der Waals surface area contributed by atoms with Crippen LogP contribution in [0.15, 0.2) is 30.3 Å². The number of hydrogen-bond donors (Lipinski definition) is 2. The lowest BCUT2D eigenvalue weighted by atomic mass is 9.85. The quantitative estimate of drug-likeness (QED) is 0.665. The molecule has 0 aliphatic carbocycles. The second-order valence-electron chi connectivity index (χ2n) is 7.97. The lowest BCUT2D eigenvalue weighted by molar-refractivity contribution is -0.137. The molecule has 2 heterocycles. The van der Waals surface area contributed by atoms with E-state index in [1.165, 1.54) is 0 Å². The third kappa shape index (κ3) is 4.52. The van der Waals surface area contributed by atoms with Gasteiger partial charge in [0.25, 0.3) is 5.91 Å². The zero-order valence-electron chi connectivity index (χ0n) is 18.0. The minimum absolute atomic E-state index is 0.0244. The Morgan fingerprint density at radius 2 is 1.77 bits per heavy atom. The molecule has 4 amide bonds. The Bertz CT molecular complexity index is 746. The summed E-state index contributed by atoms with van der Waals surface area (Å²) in [5.41, 5.74) is 0.249. The number of rotatable bonds is 7. The van der Waals surface area contributed by atoms with E-state index in [1.807, 2.05) is 37.3 Å². The maximum absolute atomic E-state index is 13.5. The number of likely N-dealkylation sites (tertiary alicyclic amines) is 1. The van der Waals surface area contributed by atoms with Crippen LogP contribution in [0.4, 0.5) is 10.5 Å². The molecule has 2 aliphatic rings. The van der Waals surface area contributed by atoms with Crippen LogP contribution in [0.3, 0.4) is 0 Å². The van der Waals surface area contributed by atoms with Gasteiger partial charge in [-0.2, -0.15) is 0 Å². The molecule has 164 valence electrons. The van der Waals surface area contributed by atoms with Gasteiger partial charge in [0.1, 0.15) is 12.1 Å². The van der Waals surface area contributed by atoms with Gasteiger partial charge in [0.2, 0.25) is 5.91 Å². The van der Waals surface area contributed by atoms with Crippen LogP contribution < -0.4 is 15.5 Å². The number of amides is 4. The second-order valence-corrected chi connectivity index (χ2v) is 7.97. The summed E-state index contributed by atoms with van der Waals surface area (Å²) in [6.45, 7) is 6.63. The van der Waals surface area contributed by atoms with Gasteiger partial charge in [0.15, 0.2) is 0 Å². The summed E-state index contributed by atoms with van der Waals surface area (Å²) in [4.78, 5) is 43.6. The summed E-state index contributed by atoms with van der Waals surface area (Å²) >= 11 is 0. The normalized spacial score (nSPS) is 18.1. The van der Waals surface area contributed by atoms with Crippen LogP contribution in [0.1, 0.15) is 39.5 Å². The van der Waals surface area contributed by atoms with Crippen molar-refractivity contribution in [3.63, 3.8) is 0 Å². The Labute approximate surface area is 178 Å². The highest BCUT2D eigenvalue weighted by atomic mass is 16.2. The molecule has 2 aliphatic heterocycles. The van der Waals surface area contributed by atoms with Gasteiger partial charge >= 0.3 is 6.03 Å². The minimum Gasteiger partial charge on any atom is -0.355 e. The largest absolute Gasteiger partial charge is 0.355 e. The Hall–Kier alpha value is -2.77. The number of likely N-dealkylation sites (N-methyl/N-ethyl adjacent to an activating group) is 1. The molecule has 8 heteroatoms. The first-order valence-corrected chi connectivity index (χ1v) is 10.9. The fourth-order valence-corrected chi connectivity index (χ4v) is 4.31. The van der Waals surface area contributed by atoms with E-state index >= 15 is 0 Å². The van der Waals surface area contributed by atoms with E-state index in [-0.39, 0.29) is 24.4 Å². The molecule has 0 atom stereocenters. The number of para-hydroxylation sites is 1. The predicted molar refractivity (Wildman–Crippen MR) is 116 cm³/mol. The third-order valence-electron chi connectivity index (χ3n) is 5.97. The zero-order chi connectivity index (χ0) is 21.6. The first-order valence-electron chi connectivity index (χ1n) is 10.9. The molecule has 8 nitrogen and oxygen atoms in total. The van der Waals surface area contributed by atoms with E-state index in [0.29, 0.717) is 45.7 Å². The van der Waals surface area contributed by atoms with Crippen molar-refractivity contribution < 1.29 is 14.4 Å². The van der Waals surface area contributed by atoms with Crippen LogP contribution in [0.2, 0.25) is 0 Å². The molecular weight excluding hydrogens is 382 g/mol. The highest BCUT2D eigenvalue weighted by Gasteiger charge is 2.54. The lowest BCUT2D eigenvalue weighted by Crippen LogP contribution is -2.58. The molecule has 1 spiro atoms. The summed E-state index contributed by atoms with van der Waals surface area (Å²) in [6.07, 6.45) is 3.09. The number of urea groups is 1. The molecule has 2 N–H and O–H groups in total. The fourth-order valence-electron chi connectivity index (χ4n) is 4.31. The van der Waals surface area contributed by atoms with Gasteiger partial charge in [-0.3, -0.25) is 9.59 Å². The van der Waals surface area contributed by atoms with Crippen LogP contribution in [0, 0.1) is 0 Å². The smallest absolute Gasteiger partial charge is 0.317 e. The molecule has 0 unspecified atom stereocenters. The molecule has 2 saturated heterocycles. The highest BCUT2D eigenvalue weighted by Crippen LogP contribution is 2.39. The molecule has 3 rings (SSSR count). The van der Waals surface area contributed by atoms with Gasteiger partial charge in [-0.15, -0.1) is 0 Å². The maximum Gasteiger partial charge on any atom is 0.317 e. The Balaban J connectivity index is 1.75. The maximum atomic E-state index is 13.5. The molecule has 1 aromatic rings. The van der Waals surface area contributed by atoms with Crippen LogP contribution in [-0.2, 0) is 9.59 Å². The summed E-state index contributed by atoms with van der Waals surface area (Å²) in [7, 11) is 0. The molecule has 1 aromatic carbocycles. The van der Waals surface area contributed by atoms with Crippen molar-refractivity contribution in [1.82, 2.24) is 20.4 Å². The zero-order valence-corrected chi connectivity index (χ0v) is 18.0. The van der Waals surface area contributed by atoms with Crippen LogP contribution in [0.25, 0.3) is 0 Å². The monoisotopic (exact) mass is 415 g/mol. The fraction of sp³-hybridized carbons (Fsp3) is 0.591. The molecule has 2 fully saturated rings. The van der Waals surface area contributed by atoms with Crippen molar-refractivity contribution in [3.05, 3.63) is 30.3 Å². The number of carbonyl (C=O) groups is 3. The Morgan fingerprint density at radius 1 is 1.07 bits per heavy atom. The Morgan fingerprint density at radius 3 is 2.40 bits per heavy atom. The molecule has 0 aromatic heterocycles. The number of piperidine rings is 1. The predicted octanol–water partition coefficient (Wildman–Crippen LogP) is 1.77. The number of nitrogens with zero attached hydrogens (tertiary/aromatic N) is 3. The lowest BCUT2D eigenvalue weighted by Gasteiger charge is -2.43. The van der Waals surface area contributed by atoms with E-state index in [9.17, 15) is 14.4 Å². The molecule has 0 bridgehead atoms. The van der Waals surface area contributed by atoms with E-state index in [4.69, 9.17) is 0 Å². The van der Waals surface area contributed by atoms with Gasteiger partial charge < -0.3 is 25.3 Å². The van der Waals surface area contributed by atoms with Crippen molar-refractivity contribution in [2.45, 2.75) is 45.1 Å². The topological polar surface area (TPSA) is 85.0 Å². The van der Waals surface area contributed by atoms with Crippen molar-refractivity contribution in [2.24, 2.45) is 0 Å². The van der Waals surface area contributed by atoms with Crippen molar-refractivity contribution in [2.75, 3.05) is 44.3 Å². The number of unbranched alkanes of at least 4 members (excludes halogenated alkanes) is 1. The molecule has 0 saturated carbocycles. The number of anilines is 1. The Kier molecular flexibility index (Phi) is 7.18. The SMILES string of the molecule is CCCCNC(=O)N1CCC2(CC1)C(=O)N(CC(=O)NCC)CN2c1ccccc1. The van der Waals surface area contributed by atoms with Gasteiger partial charge in [0, 0.05) is 31.9 Å². The highest BCUT2D eigenvalue weighted by molar-refractivity contribution is 5.96. The average Bonchev–Trinajstić information content (AvgIpc) is 3.01. The minimum atomic E-state index is -0.714. The van der Waals surface area contributed by atoms with Gasteiger partial charge in [-0.05, 0) is 38.3 Å². The van der Waals surface area contributed by atoms with Gasteiger partial charge in [0.05, 0.1) is 6.67 Å².